The van der Waals surface area contributed by atoms with Crippen LogP contribution in [-0.4, -0.2) is 38.0 Å². The molecule has 1 aliphatic heterocycles. The van der Waals surface area contributed by atoms with Crippen molar-refractivity contribution in [3.8, 4) is 0 Å². The molecular formula is C15H24N2O3S. The summed E-state index contributed by atoms with van der Waals surface area (Å²) < 4.78 is 32.7. The molecule has 0 bridgehead atoms. The molecular weight excluding hydrogens is 288 g/mol. The zero-order chi connectivity index (χ0) is 15.7. The number of hydrogen-bond acceptors (Lipinski definition) is 4. The third-order valence-electron chi connectivity index (χ3n) is 3.88. The number of hydrogen-bond donors (Lipinski definition) is 1. The van der Waals surface area contributed by atoms with Crippen molar-refractivity contribution in [1.29, 1.82) is 0 Å². The van der Waals surface area contributed by atoms with Gasteiger partial charge in [-0.2, -0.15) is 4.31 Å². The molecule has 2 rings (SSSR count). The van der Waals surface area contributed by atoms with Crippen molar-refractivity contribution in [2.24, 2.45) is 5.73 Å². The Kier molecular flexibility index (Phi) is 4.72. The second-order valence-corrected chi connectivity index (χ2v) is 7.89. The smallest absolute Gasteiger partial charge is 0.243 e. The van der Waals surface area contributed by atoms with E-state index in [0.29, 0.717) is 24.7 Å². The Bertz CT molecular complexity index is 599. The molecule has 1 unspecified atom stereocenters. The highest BCUT2D eigenvalue weighted by Crippen LogP contribution is 2.28. The second-order valence-electron chi connectivity index (χ2n) is 6.03. The number of nitrogens with two attached hydrogens (primary N) is 1. The zero-order valence-electron chi connectivity index (χ0n) is 12.9. The molecule has 1 atom stereocenters. The van der Waals surface area contributed by atoms with E-state index in [-0.39, 0.29) is 6.04 Å². The predicted molar refractivity (Wildman–Crippen MR) is 82.5 cm³/mol. The molecule has 0 aromatic heterocycles. The van der Waals surface area contributed by atoms with Crippen molar-refractivity contribution in [3.05, 3.63) is 29.8 Å². The molecule has 21 heavy (non-hydrogen) atoms. The topological polar surface area (TPSA) is 72.6 Å². The molecule has 1 aromatic carbocycles. The first-order chi connectivity index (χ1) is 9.79. The second kappa shape index (κ2) is 6.04. The van der Waals surface area contributed by atoms with E-state index < -0.39 is 15.6 Å². The lowest BCUT2D eigenvalue weighted by Crippen LogP contribution is -2.55. The van der Waals surface area contributed by atoms with E-state index >= 15 is 0 Å². The van der Waals surface area contributed by atoms with Crippen molar-refractivity contribution in [3.63, 3.8) is 0 Å². The van der Waals surface area contributed by atoms with Crippen LogP contribution >= 0.6 is 0 Å². The van der Waals surface area contributed by atoms with Crippen molar-refractivity contribution in [2.75, 3.05) is 19.8 Å². The van der Waals surface area contributed by atoms with E-state index in [9.17, 15) is 8.42 Å². The highest BCUT2D eigenvalue weighted by atomic mass is 32.2. The van der Waals surface area contributed by atoms with Crippen LogP contribution in [0.25, 0.3) is 0 Å². The van der Waals surface area contributed by atoms with Gasteiger partial charge in [0.05, 0.1) is 23.6 Å². The molecule has 5 nitrogen and oxygen atoms in total. The molecule has 1 aromatic rings. The average molecular weight is 312 g/mol. The quantitative estimate of drug-likeness (QED) is 0.921. The molecule has 0 amide bonds. The Balaban J connectivity index is 2.39. The Labute approximate surface area is 127 Å². The Hall–Kier alpha value is -0.950. The van der Waals surface area contributed by atoms with Crippen LogP contribution < -0.4 is 5.73 Å². The monoisotopic (exact) mass is 312 g/mol. The van der Waals surface area contributed by atoms with Crippen LogP contribution in [0.1, 0.15) is 38.8 Å². The van der Waals surface area contributed by atoms with Crippen molar-refractivity contribution >= 4 is 10.0 Å². The van der Waals surface area contributed by atoms with Crippen molar-refractivity contribution < 1.29 is 13.2 Å². The van der Waals surface area contributed by atoms with Gasteiger partial charge in [-0.3, -0.25) is 0 Å². The van der Waals surface area contributed by atoms with Gasteiger partial charge in [0, 0.05) is 12.6 Å². The summed E-state index contributed by atoms with van der Waals surface area (Å²) in [5.74, 6) is 0. The minimum absolute atomic E-state index is 0.141. The lowest BCUT2D eigenvalue weighted by atomic mass is 10.1. The molecule has 1 heterocycles. The van der Waals surface area contributed by atoms with Crippen molar-refractivity contribution in [1.82, 2.24) is 4.31 Å². The number of sulfonamides is 1. The van der Waals surface area contributed by atoms with Gasteiger partial charge in [0.2, 0.25) is 10.0 Å². The average Bonchev–Trinajstić information content (AvgIpc) is 2.45. The molecule has 0 saturated carbocycles. The molecule has 1 fully saturated rings. The Morgan fingerprint density at radius 3 is 2.76 bits per heavy atom. The maximum atomic E-state index is 12.9. The summed E-state index contributed by atoms with van der Waals surface area (Å²) in [7, 11) is -3.54. The third-order valence-corrected chi connectivity index (χ3v) is 5.99. The van der Waals surface area contributed by atoms with E-state index in [0.717, 1.165) is 12.0 Å². The van der Waals surface area contributed by atoms with E-state index in [1.54, 1.807) is 18.2 Å². The van der Waals surface area contributed by atoms with Gasteiger partial charge in [-0.15, -0.1) is 0 Å². The van der Waals surface area contributed by atoms with Gasteiger partial charge in [0.1, 0.15) is 0 Å². The maximum Gasteiger partial charge on any atom is 0.243 e. The highest BCUT2D eigenvalue weighted by Gasteiger charge is 2.39. The number of nitrogens with zero attached hydrogens (tertiary/aromatic N) is 1. The highest BCUT2D eigenvalue weighted by molar-refractivity contribution is 7.89. The first-order valence-electron chi connectivity index (χ1n) is 7.25. The molecule has 0 aliphatic carbocycles. The fourth-order valence-electron chi connectivity index (χ4n) is 2.56. The summed E-state index contributed by atoms with van der Waals surface area (Å²) in [6.45, 7) is 6.95. The molecule has 1 saturated heterocycles. The lowest BCUT2D eigenvalue weighted by molar-refractivity contribution is -0.00771. The minimum Gasteiger partial charge on any atom is -0.378 e. The van der Waals surface area contributed by atoms with Crippen LogP contribution in [0.3, 0.4) is 0 Å². The number of rotatable bonds is 4. The number of morpholine rings is 1. The summed E-state index contributed by atoms with van der Waals surface area (Å²) in [6.07, 6.45) is 0.770. The van der Waals surface area contributed by atoms with Crippen LogP contribution in [0.15, 0.2) is 29.2 Å². The fraction of sp³-hybridized carbons (Fsp3) is 0.600. The largest absolute Gasteiger partial charge is 0.378 e. The van der Waals surface area contributed by atoms with Gasteiger partial charge in [-0.25, -0.2) is 8.42 Å². The van der Waals surface area contributed by atoms with Gasteiger partial charge >= 0.3 is 0 Å². The minimum atomic E-state index is -3.54. The first-order valence-corrected chi connectivity index (χ1v) is 8.69. The van der Waals surface area contributed by atoms with Crippen LogP contribution in [0, 0.1) is 0 Å². The van der Waals surface area contributed by atoms with E-state index in [1.165, 1.54) is 4.31 Å². The van der Waals surface area contributed by atoms with Crippen LogP contribution in [-0.2, 0) is 14.8 Å². The molecule has 1 aliphatic rings. The predicted octanol–water partition coefficient (Wildman–Crippen LogP) is 1.90. The standard InChI is InChI=1S/C15H24N2O3S/c1-4-14(16)12-6-5-7-13(10-12)21(18,19)17-8-9-20-11-15(17,2)3/h5-7,10,14H,4,8-9,11,16H2,1-3H3. The van der Waals surface area contributed by atoms with Crippen molar-refractivity contribution in [2.45, 2.75) is 43.7 Å². The molecule has 2 N–H and O–H groups in total. The SMILES string of the molecule is CCC(N)c1cccc(S(=O)(=O)N2CCOCC2(C)C)c1. The molecule has 6 heteroatoms. The van der Waals surface area contributed by atoms with Gasteiger partial charge in [0.25, 0.3) is 0 Å². The fourth-order valence-corrected chi connectivity index (χ4v) is 4.37. The van der Waals surface area contributed by atoms with E-state index in [1.807, 2.05) is 26.8 Å². The van der Waals surface area contributed by atoms with E-state index in [4.69, 9.17) is 10.5 Å². The van der Waals surface area contributed by atoms with Gasteiger partial charge < -0.3 is 10.5 Å². The summed E-state index contributed by atoms with van der Waals surface area (Å²) in [4.78, 5) is 0.305. The maximum absolute atomic E-state index is 12.9. The van der Waals surface area contributed by atoms with Gasteiger partial charge in [-0.05, 0) is 38.0 Å². The molecule has 118 valence electrons. The molecule has 0 spiro atoms. The summed E-state index contributed by atoms with van der Waals surface area (Å²) in [5.41, 5.74) is 6.32. The number of ether oxygens (including phenoxy) is 1. The third kappa shape index (κ3) is 3.29. The summed E-state index contributed by atoms with van der Waals surface area (Å²) in [5, 5.41) is 0. The van der Waals surface area contributed by atoms with Crippen LogP contribution in [0.2, 0.25) is 0 Å². The summed E-state index contributed by atoms with van der Waals surface area (Å²) >= 11 is 0. The van der Waals surface area contributed by atoms with Gasteiger partial charge in [0.15, 0.2) is 0 Å². The summed E-state index contributed by atoms with van der Waals surface area (Å²) in [6, 6.07) is 6.81. The van der Waals surface area contributed by atoms with Crippen LogP contribution in [0.5, 0.6) is 0 Å². The molecule has 0 radical (unpaired) electrons. The van der Waals surface area contributed by atoms with Gasteiger partial charge in [-0.1, -0.05) is 19.1 Å². The lowest BCUT2D eigenvalue weighted by Gasteiger charge is -2.40. The first kappa shape index (κ1) is 16.4. The van der Waals surface area contributed by atoms with E-state index in [2.05, 4.69) is 0 Å². The Morgan fingerprint density at radius 1 is 1.43 bits per heavy atom. The normalized spacial score (nSPS) is 21.1. The number of benzene rings is 1. The zero-order valence-corrected chi connectivity index (χ0v) is 13.7. The van der Waals surface area contributed by atoms with Crippen LogP contribution in [0.4, 0.5) is 0 Å². The Morgan fingerprint density at radius 2 is 2.14 bits per heavy atom.